The minimum atomic E-state index is -0.162. The number of hydrogen-bond acceptors (Lipinski definition) is 2. The maximum Gasteiger partial charge on any atom is 0.124 e. The molecule has 0 unspecified atom stereocenters. The second-order valence-corrected chi connectivity index (χ2v) is 3.46. The molecular weight excluding hydrogens is 174 g/mol. The van der Waals surface area contributed by atoms with Gasteiger partial charge < -0.3 is 10.5 Å². The summed E-state index contributed by atoms with van der Waals surface area (Å²) in [5, 5.41) is 0. The Labute approximate surface area is 85.4 Å². The van der Waals surface area contributed by atoms with E-state index in [0.717, 1.165) is 16.9 Å². The third-order valence-electron chi connectivity index (χ3n) is 2.30. The van der Waals surface area contributed by atoms with Crippen LogP contribution in [0, 0.1) is 13.8 Å². The highest BCUT2D eigenvalue weighted by Crippen LogP contribution is 2.29. The van der Waals surface area contributed by atoms with E-state index in [9.17, 15) is 0 Å². The van der Waals surface area contributed by atoms with Crippen LogP contribution in [0.3, 0.4) is 0 Å². The molecule has 0 aliphatic rings. The average molecular weight is 191 g/mol. The number of aryl methyl sites for hydroxylation is 2. The molecule has 0 radical (unpaired) electrons. The van der Waals surface area contributed by atoms with Crippen LogP contribution in [-0.4, -0.2) is 7.11 Å². The smallest absolute Gasteiger partial charge is 0.124 e. The Morgan fingerprint density at radius 3 is 2.57 bits per heavy atom. The predicted molar refractivity (Wildman–Crippen MR) is 59.6 cm³/mol. The Hall–Kier alpha value is -1.28. The van der Waals surface area contributed by atoms with Gasteiger partial charge in [0.25, 0.3) is 0 Å². The lowest BCUT2D eigenvalue weighted by atomic mass is 9.98. The molecule has 0 heterocycles. The molecule has 0 saturated carbocycles. The summed E-state index contributed by atoms with van der Waals surface area (Å²) in [5.41, 5.74) is 9.27. The fraction of sp³-hybridized carbons (Fsp3) is 0.333. The van der Waals surface area contributed by atoms with Crippen molar-refractivity contribution >= 4 is 0 Å². The monoisotopic (exact) mass is 191 g/mol. The van der Waals surface area contributed by atoms with Crippen LogP contribution in [0.5, 0.6) is 5.75 Å². The molecule has 0 amide bonds. The van der Waals surface area contributed by atoms with Crippen LogP contribution in [0.25, 0.3) is 0 Å². The van der Waals surface area contributed by atoms with Gasteiger partial charge in [-0.1, -0.05) is 12.1 Å². The Kier molecular flexibility index (Phi) is 3.31. The van der Waals surface area contributed by atoms with Gasteiger partial charge in [-0.25, -0.2) is 0 Å². The van der Waals surface area contributed by atoms with E-state index in [4.69, 9.17) is 10.5 Å². The summed E-state index contributed by atoms with van der Waals surface area (Å²) in [5.74, 6) is 0.843. The fourth-order valence-corrected chi connectivity index (χ4v) is 1.65. The summed E-state index contributed by atoms with van der Waals surface area (Å²) in [4.78, 5) is 0. The summed E-state index contributed by atoms with van der Waals surface area (Å²) >= 11 is 0. The first-order valence-electron chi connectivity index (χ1n) is 4.63. The lowest BCUT2D eigenvalue weighted by molar-refractivity contribution is 0.407. The van der Waals surface area contributed by atoms with Crippen molar-refractivity contribution in [1.29, 1.82) is 0 Å². The molecule has 76 valence electrons. The highest BCUT2D eigenvalue weighted by atomic mass is 16.5. The summed E-state index contributed by atoms with van der Waals surface area (Å²) < 4.78 is 5.30. The molecule has 1 rings (SSSR count). The fourth-order valence-electron chi connectivity index (χ4n) is 1.65. The lowest BCUT2D eigenvalue weighted by Gasteiger charge is -2.16. The first kappa shape index (κ1) is 10.8. The van der Waals surface area contributed by atoms with Crippen molar-refractivity contribution in [1.82, 2.24) is 0 Å². The Morgan fingerprint density at radius 2 is 2.07 bits per heavy atom. The molecule has 14 heavy (non-hydrogen) atoms. The van der Waals surface area contributed by atoms with Crippen LogP contribution in [0.4, 0.5) is 0 Å². The molecule has 0 bridgehead atoms. The molecule has 0 aromatic heterocycles. The second kappa shape index (κ2) is 4.29. The van der Waals surface area contributed by atoms with E-state index in [-0.39, 0.29) is 6.04 Å². The number of nitrogens with two attached hydrogens (primary N) is 1. The van der Waals surface area contributed by atoms with Crippen LogP contribution in [-0.2, 0) is 0 Å². The van der Waals surface area contributed by atoms with Gasteiger partial charge in [0.2, 0.25) is 0 Å². The van der Waals surface area contributed by atoms with Gasteiger partial charge in [-0.05, 0) is 31.0 Å². The Balaban J connectivity index is 3.31. The standard InChI is InChI=1S/C12H17NO/c1-5-10(13)12-9(3)6-8(2)7-11(12)14-4/h5-7,10H,1,13H2,2-4H3/t10-/m0/s1. The van der Waals surface area contributed by atoms with Gasteiger partial charge in [-0.2, -0.15) is 0 Å². The number of hydrogen-bond donors (Lipinski definition) is 1. The summed E-state index contributed by atoms with van der Waals surface area (Å²) in [6, 6.07) is 3.93. The first-order chi connectivity index (χ1) is 6.60. The lowest BCUT2D eigenvalue weighted by Crippen LogP contribution is -2.10. The number of methoxy groups -OCH3 is 1. The van der Waals surface area contributed by atoms with E-state index < -0.39 is 0 Å². The van der Waals surface area contributed by atoms with Crippen LogP contribution in [0.1, 0.15) is 22.7 Å². The molecule has 1 aromatic rings. The molecule has 0 aliphatic heterocycles. The van der Waals surface area contributed by atoms with Gasteiger partial charge >= 0.3 is 0 Å². The van der Waals surface area contributed by atoms with Crippen LogP contribution >= 0.6 is 0 Å². The highest BCUT2D eigenvalue weighted by Gasteiger charge is 2.12. The van der Waals surface area contributed by atoms with E-state index >= 15 is 0 Å². The topological polar surface area (TPSA) is 35.2 Å². The molecule has 1 atom stereocenters. The molecule has 2 heteroatoms. The van der Waals surface area contributed by atoms with Gasteiger partial charge in [-0.3, -0.25) is 0 Å². The van der Waals surface area contributed by atoms with E-state index in [0.29, 0.717) is 0 Å². The van der Waals surface area contributed by atoms with Gasteiger partial charge in [0.1, 0.15) is 5.75 Å². The average Bonchev–Trinajstić information content (AvgIpc) is 2.15. The maximum absolute atomic E-state index is 5.92. The third kappa shape index (κ3) is 1.96. The largest absolute Gasteiger partial charge is 0.496 e. The molecule has 2 nitrogen and oxygen atoms in total. The first-order valence-corrected chi connectivity index (χ1v) is 4.63. The third-order valence-corrected chi connectivity index (χ3v) is 2.30. The minimum Gasteiger partial charge on any atom is -0.496 e. The zero-order chi connectivity index (χ0) is 10.7. The summed E-state index contributed by atoms with van der Waals surface area (Å²) in [6.07, 6.45) is 1.72. The van der Waals surface area contributed by atoms with E-state index in [2.05, 4.69) is 12.6 Å². The van der Waals surface area contributed by atoms with Crippen molar-refractivity contribution in [2.45, 2.75) is 19.9 Å². The molecule has 2 N–H and O–H groups in total. The van der Waals surface area contributed by atoms with Crippen molar-refractivity contribution < 1.29 is 4.74 Å². The quantitative estimate of drug-likeness (QED) is 0.745. The Morgan fingerprint density at radius 1 is 1.43 bits per heavy atom. The van der Waals surface area contributed by atoms with Crippen molar-refractivity contribution in [2.24, 2.45) is 5.73 Å². The zero-order valence-corrected chi connectivity index (χ0v) is 9.00. The van der Waals surface area contributed by atoms with Crippen LogP contribution in [0.15, 0.2) is 24.8 Å². The zero-order valence-electron chi connectivity index (χ0n) is 9.00. The van der Waals surface area contributed by atoms with Crippen molar-refractivity contribution in [3.8, 4) is 5.75 Å². The van der Waals surface area contributed by atoms with Gasteiger partial charge in [0.05, 0.1) is 13.2 Å². The molecule has 0 fully saturated rings. The molecule has 1 aromatic carbocycles. The van der Waals surface area contributed by atoms with Crippen molar-refractivity contribution in [2.75, 3.05) is 7.11 Å². The van der Waals surface area contributed by atoms with Crippen LogP contribution < -0.4 is 10.5 Å². The van der Waals surface area contributed by atoms with E-state index in [1.807, 2.05) is 19.9 Å². The number of rotatable bonds is 3. The Bertz CT molecular complexity index is 344. The van der Waals surface area contributed by atoms with E-state index in [1.54, 1.807) is 13.2 Å². The van der Waals surface area contributed by atoms with E-state index in [1.165, 1.54) is 5.56 Å². The van der Waals surface area contributed by atoms with Crippen LogP contribution in [0.2, 0.25) is 0 Å². The second-order valence-electron chi connectivity index (χ2n) is 3.46. The van der Waals surface area contributed by atoms with Gasteiger partial charge in [-0.15, -0.1) is 6.58 Å². The number of benzene rings is 1. The SMILES string of the molecule is C=C[C@H](N)c1c(C)cc(C)cc1OC. The molecule has 0 aliphatic carbocycles. The molecule has 0 spiro atoms. The predicted octanol–water partition coefficient (Wildman–Crippen LogP) is 2.50. The normalized spacial score (nSPS) is 12.3. The molecule has 0 saturated heterocycles. The summed E-state index contributed by atoms with van der Waals surface area (Å²) in [6.45, 7) is 7.77. The maximum atomic E-state index is 5.92. The van der Waals surface area contributed by atoms with Crippen molar-refractivity contribution in [3.05, 3.63) is 41.5 Å². The number of ether oxygens (including phenoxy) is 1. The van der Waals surface area contributed by atoms with Gasteiger partial charge in [0, 0.05) is 5.56 Å². The highest BCUT2D eigenvalue weighted by molar-refractivity contribution is 5.46. The minimum absolute atomic E-state index is 0.162. The summed E-state index contributed by atoms with van der Waals surface area (Å²) in [7, 11) is 1.66. The van der Waals surface area contributed by atoms with Crippen molar-refractivity contribution in [3.63, 3.8) is 0 Å². The molecular formula is C12H17NO. The van der Waals surface area contributed by atoms with Gasteiger partial charge in [0.15, 0.2) is 0 Å².